The smallest absolute Gasteiger partial charge is 0.0129 e. The van der Waals surface area contributed by atoms with Crippen LogP contribution < -0.4 is 0 Å². The van der Waals surface area contributed by atoms with Crippen LogP contribution in [0.5, 0.6) is 0 Å². The van der Waals surface area contributed by atoms with E-state index in [0.29, 0.717) is 5.41 Å². The Bertz CT molecular complexity index is 438. The fourth-order valence-corrected chi connectivity index (χ4v) is 4.60. The fraction of sp³-hybridized carbons (Fsp3) is 0.500. The highest BCUT2D eigenvalue weighted by Gasteiger charge is 2.45. The first-order valence-electron chi connectivity index (χ1n) is 6.50. The van der Waals surface area contributed by atoms with Crippen molar-refractivity contribution in [1.82, 2.24) is 0 Å². The van der Waals surface area contributed by atoms with Crippen molar-refractivity contribution < 1.29 is 0 Å². The molecule has 98 valence electrons. The van der Waals surface area contributed by atoms with Crippen LogP contribution in [0.1, 0.15) is 33.1 Å². The van der Waals surface area contributed by atoms with Gasteiger partial charge in [0.2, 0.25) is 0 Å². The lowest BCUT2D eigenvalue weighted by atomic mass is 9.74. The van der Waals surface area contributed by atoms with E-state index in [2.05, 4.69) is 83.8 Å². The van der Waals surface area contributed by atoms with Crippen molar-refractivity contribution in [3.05, 3.63) is 43.6 Å². The molecule has 2 heteroatoms. The molecule has 0 heterocycles. The Kier molecular flexibility index (Phi) is 4.79. The number of halogens is 2. The van der Waals surface area contributed by atoms with Crippen molar-refractivity contribution in [1.29, 1.82) is 0 Å². The lowest BCUT2D eigenvalue weighted by Crippen LogP contribution is -2.23. The third kappa shape index (κ3) is 2.94. The maximum atomic E-state index is 3.77. The maximum absolute atomic E-state index is 3.77. The quantitative estimate of drug-likeness (QED) is 0.336. The molecule has 2 aliphatic carbocycles. The predicted octanol–water partition coefficient (Wildman–Crippen LogP) is 6.19. The molecule has 1 fully saturated rings. The number of hydrogen-bond acceptors (Lipinski definition) is 0. The normalized spacial score (nSPS) is 33.2. The molecule has 2 atom stereocenters. The van der Waals surface area contributed by atoms with Crippen LogP contribution in [0.15, 0.2) is 43.6 Å². The molecule has 0 amide bonds. The summed E-state index contributed by atoms with van der Waals surface area (Å²) in [5.74, 6) is 1.59. The van der Waals surface area contributed by atoms with Gasteiger partial charge in [-0.15, -0.1) is 0 Å². The van der Waals surface area contributed by atoms with Gasteiger partial charge in [0.25, 0.3) is 0 Å². The minimum absolute atomic E-state index is 0.312. The van der Waals surface area contributed by atoms with E-state index in [0.717, 1.165) is 11.8 Å². The van der Waals surface area contributed by atoms with E-state index in [4.69, 9.17) is 0 Å². The number of allylic oxidation sites excluding steroid dienone is 7. The molecular weight excluding hydrogens is 446 g/mol. The molecule has 0 aliphatic heterocycles. The Morgan fingerprint density at radius 2 is 2.22 bits per heavy atom. The van der Waals surface area contributed by atoms with Crippen LogP contribution >= 0.6 is 45.2 Å². The Balaban J connectivity index is 2.32. The summed E-state index contributed by atoms with van der Waals surface area (Å²) in [6, 6.07) is 0. The summed E-state index contributed by atoms with van der Waals surface area (Å²) in [6.07, 6.45) is 12.8. The minimum atomic E-state index is 0.312. The van der Waals surface area contributed by atoms with Crippen LogP contribution in [0.4, 0.5) is 0 Å². The zero-order valence-corrected chi connectivity index (χ0v) is 15.4. The third-order valence-corrected chi connectivity index (χ3v) is 5.92. The summed E-state index contributed by atoms with van der Waals surface area (Å²) in [4.78, 5) is 0. The Labute approximate surface area is 138 Å². The van der Waals surface area contributed by atoms with Gasteiger partial charge in [0.1, 0.15) is 0 Å². The molecule has 0 N–H and O–H groups in total. The summed E-state index contributed by atoms with van der Waals surface area (Å²) in [5.41, 5.74) is 1.93. The molecule has 0 radical (unpaired) electrons. The molecule has 0 spiro atoms. The summed E-state index contributed by atoms with van der Waals surface area (Å²) in [5, 5.41) is 0. The van der Waals surface area contributed by atoms with Gasteiger partial charge < -0.3 is 0 Å². The Morgan fingerprint density at radius 3 is 2.89 bits per heavy atom. The molecule has 2 aliphatic rings. The van der Waals surface area contributed by atoms with E-state index in [9.17, 15) is 0 Å². The van der Waals surface area contributed by atoms with Crippen LogP contribution in [0, 0.1) is 17.3 Å². The van der Waals surface area contributed by atoms with E-state index in [1.54, 1.807) is 9.15 Å². The molecule has 2 rings (SSSR count). The first-order chi connectivity index (χ1) is 8.45. The average molecular weight is 466 g/mol. The van der Waals surface area contributed by atoms with Crippen LogP contribution in [-0.4, -0.2) is 0 Å². The van der Waals surface area contributed by atoms with Gasteiger partial charge in [-0.2, -0.15) is 0 Å². The monoisotopic (exact) mass is 466 g/mol. The third-order valence-electron chi connectivity index (χ3n) is 4.35. The fourth-order valence-electron chi connectivity index (χ4n) is 3.28. The van der Waals surface area contributed by atoms with Crippen molar-refractivity contribution in [2.24, 2.45) is 17.3 Å². The van der Waals surface area contributed by atoms with Gasteiger partial charge >= 0.3 is 0 Å². The highest BCUT2D eigenvalue weighted by Crippen LogP contribution is 2.55. The molecule has 2 unspecified atom stereocenters. The lowest BCUT2D eigenvalue weighted by molar-refractivity contribution is 0.280. The second kappa shape index (κ2) is 5.81. The van der Waals surface area contributed by atoms with Gasteiger partial charge in [-0.25, -0.2) is 0 Å². The van der Waals surface area contributed by atoms with E-state index in [1.807, 2.05) is 6.08 Å². The second-order valence-corrected chi connectivity index (χ2v) is 8.45. The van der Waals surface area contributed by atoms with Crippen molar-refractivity contribution in [3.8, 4) is 0 Å². The first-order valence-corrected chi connectivity index (χ1v) is 8.66. The van der Waals surface area contributed by atoms with Crippen molar-refractivity contribution in [2.75, 3.05) is 0 Å². The largest absolute Gasteiger partial charge is 0.0990 e. The highest BCUT2D eigenvalue weighted by molar-refractivity contribution is 14.1. The number of fused-ring (bicyclic) bond motifs is 1. The topological polar surface area (TPSA) is 0 Å². The van der Waals surface area contributed by atoms with E-state index in [1.165, 1.54) is 22.8 Å². The first kappa shape index (κ1) is 14.8. The summed E-state index contributed by atoms with van der Waals surface area (Å²) >= 11 is 4.91. The van der Waals surface area contributed by atoms with Gasteiger partial charge in [-0.05, 0) is 97.4 Å². The van der Waals surface area contributed by atoms with E-state index < -0.39 is 0 Å². The molecule has 0 bridgehead atoms. The predicted molar refractivity (Wildman–Crippen MR) is 97.1 cm³/mol. The molecule has 0 aromatic carbocycles. The number of rotatable bonds is 2. The van der Waals surface area contributed by atoms with Crippen LogP contribution in [0.3, 0.4) is 0 Å². The zero-order valence-electron chi connectivity index (χ0n) is 11.0. The Hall–Kier alpha value is 0.420. The zero-order chi connectivity index (χ0) is 13.3. The van der Waals surface area contributed by atoms with Crippen molar-refractivity contribution >= 4 is 45.2 Å². The SMILES string of the molecule is C=C/C=C(I)\C=C1/CC2CCC(I)=CC2C1(C)C. The van der Waals surface area contributed by atoms with Gasteiger partial charge in [0.05, 0.1) is 0 Å². The van der Waals surface area contributed by atoms with Gasteiger partial charge in [0, 0.05) is 3.58 Å². The molecule has 18 heavy (non-hydrogen) atoms. The van der Waals surface area contributed by atoms with E-state index >= 15 is 0 Å². The van der Waals surface area contributed by atoms with Gasteiger partial charge in [-0.3, -0.25) is 0 Å². The summed E-state index contributed by atoms with van der Waals surface area (Å²) < 4.78 is 2.85. The van der Waals surface area contributed by atoms with Crippen molar-refractivity contribution in [3.63, 3.8) is 0 Å². The standard InChI is InChI=1S/C16H20I2/c1-4-5-13(17)9-12-8-11-6-7-14(18)10-15(11)16(12,2)3/h4-5,9-11,15H,1,6-8H2,2-3H3/b12-9+,13-5+. The van der Waals surface area contributed by atoms with Crippen LogP contribution in [-0.2, 0) is 0 Å². The summed E-state index contributed by atoms with van der Waals surface area (Å²) in [7, 11) is 0. The molecule has 0 aromatic heterocycles. The van der Waals surface area contributed by atoms with Crippen LogP contribution in [0.2, 0.25) is 0 Å². The average Bonchev–Trinajstić information content (AvgIpc) is 2.52. The van der Waals surface area contributed by atoms with Gasteiger partial charge in [0.15, 0.2) is 0 Å². The minimum Gasteiger partial charge on any atom is -0.0990 e. The Morgan fingerprint density at radius 1 is 1.50 bits per heavy atom. The maximum Gasteiger partial charge on any atom is 0.0129 e. The highest BCUT2D eigenvalue weighted by atomic mass is 127. The molecule has 1 saturated carbocycles. The second-order valence-electron chi connectivity index (χ2n) is 5.82. The lowest BCUT2D eigenvalue weighted by Gasteiger charge is -2.32. The molecule has 0 nitrogen and oxygen atoms in total. The van der Waals surface area contributed by atoms with Crippen LogP contribution in [0.25, 0.3) is 0 Å². The van der Waals surface area contributed by atoms with Gasteiger partial charge in [-0.1, -0.05) is 38.2 Å². The summed E-state index contributed by atoms with van der Waals surface area (Å²) in [6.45, 7) is 8.59. The number of hydrogen-bond donors (Lipinski definition) is 0. The molecule has 0 aromatic rings. The molecular formula is C16H20I2. The molecule has 0 saturated heterocycles. The van der Waals surface area contributed by atoms with E-state index in [-0.39, 0.29) is 0 Å². The van der Waals surface area contributed by atoms with Crippen molar-refractivity contribution in [2.45, 2.75) is 33.1 Å².